The molecule has 4 nitrogen and oxygen atoms in total. The van der Waals surface area contributed by atoms with Gasteiger partial charge in [-0.05, 0) is 12.8 Å². The van der Waals surface area contributed by atoms with Crippen LogP contribution in [0.1, 0.15) is 12.8 Å². The van der Waals surface area contributed by atoms with Crippen molar-refractivity contribution >= 4 is 0 Å². The number of aliphatic hydroxyl groups is 3. The molecule has 0 amide bonds. The Balaban J connectivity index is 2.05. The van der Waals surface area contributed by atoms with Gasteiger partial charge in [-0.15, -0.1) is 0 Å². The smallest absolute Gasteiger partial charge is 0.0967 e. The van der Waals surface area contributed by atoms with Gasteiger partial charge < -0.3 is 15.3 Å². The number of hydrogen-bond donors (Lipinski definition) is 3. The normalized spacial score (nSPS) is 49.2. The van der Waals surface area contributed by atoms with E-state index in [1.165, 1.54) is 0 Å². The number of fused-ring (bicyclic) bond motifs is 1. The summed E-state index contributed by atoms with van der Waals surface area (Å²) in [5, 5.41) is 28.2. The first-order valence-electron chi connectivity index (χ1n) is 4.46. The molecule has 0 bridgehead atoms. The van der Waals surface area contributed by atoms with Crippen molar-refractivity contribution in [3.05, 3.63) is 0 Å². The molecule has 0 aromatic rings. The molecule has 2 aliphatic heterocycles. The van der Waals surface area contributed by atoms with Gasteiger partial charge in [-0.25, -0.2) is 0 Å². The number of hydrogen-bond acceptors (Lipinski definition) is 4. The summed E-state index contributed by atoms with van der Waals surface area (Å²) in [6.07, 6.45) is -0.236. The molecule has 2 heterocycles. The summed E-state index contributed by atoms with van der Waals surface area (Å²) in [5.74, 6) is 0. The lowest BCUT2D eigenvalue weighted by molar-refractivity contribution is 0.00403. The zero-order valence-electron chi connectivity index (χ0n) is 6.93. The van der Waals surface area contributed by atoms with Crippen molar-refractivity contribution in [3.63, 3.8) is 0 Å². The molecule has 0 unspecified atom stereocenters. The molecule has 70 valence electrons. The highest BCUT2D eigenvalue weighted by atomic mass is 16.3. The summed E-state index contributed by atoms with van der Waals surface area (Å²) in [5.41, 5.74) is 0. The summed E-state index contributed by atoms with van der Waals surface area (Å²) in [4.78, 5) is 2.06. The van der Waals surface area contributed by atoms with Crippen molar-refractivity contribution in [2.45, 2.75) is 37.2 Å². The van der Waals surface area contributed by atoms with E-state index in [0.29, 0.717) is 13.0 Å². The largest absolute Gasteiger partial charge is 0.393 e. The van der Waals surface area contributed by atoms with Gasteiger partial charge in [-0.2, -0.15) is 0 Å². The van der Waals surface area contributed by atoms with Crippen molar-refractivity contribution < 1.29 is 15.3 Å². The molecule has 0 aromatic heterocycles. The van der Waals surface area contributed by atoms with E-state index >= 15 is 0 Å². The first-order chi connectivity index (χ1) is 5.68. The highest BCUT2D eigenvalue weighted by Gasteiger charge is 2.42. The maximum Gasteiger partial charge on any atom is 0.0967 e. The van der Waals surface area contributed by atoms with Crippen molar-refractivity contribution in [2.24, 2.45) is 0 Å². The van der Waals surface area contributed by atoms with Crippen LogP contribution >= 0.6 is 0 Å². The van der Waals surface area contributed by atoms with Crippen molar-refractivity contribution in [2.75, 3.05) is 13.1 Å². The predicted octanol–water partition coefficient (Wildman–Crippen LogP) is -1.45. The lowest BCUT2D eigenvalue weighted by atomic mass is 9.98. The molecule has 0 spiro atoms. The van der Waals surface area contributed by atoms with E-state index in [4.69, 9.17) is 0 Å². The molecule has 12 heavy (non-hydrogen) atoms. The Morgan fingerprint density at radius 3 is 2.67 bits per heavy atom. The predicted molar refractivity (Wildman–Crippen MR) is 42.6 cm³/mol. The topological polar surface area (TPSA) is 63.9 Å². The fraction of sp³-hybridized carbons (Fsp3) is 1.00. The fourth-order valence-corrected chi connectivity index (χ4v) is 2.21. The van der Waals surface area contributed by atoms with Crippen molar-refractivity contribution in [1.82, 2.24) is 4.90 Å². The van der Waals surface area contributed by atoms with Crippen LogP contribution < -0.4 is 0 Å². The molecule has 4 heteroatoms. The zero-order chi connectivity index (χ0) is 8.72. The van der Waals surface area contributed by atoms with Crippen LogP contribution in [-0.2, 0) is 0 Å². The van der Waals surface area contributed by atoms with Crippen LogP contribution in [0.25, 0.3) is 0 Å². The van der Waals surface area contributed by atoms with Gasteiger partial charge in [0.1, 0.15) is 0 Å². The zero-order valence-corrected chi connectivity index (χ0v) is 6.93. The molecular weight excluding hydrogens is 158 g/mol. The SMILES string of the molecule is O[C@H]1CCN2C[C@@H](O)[C@@H](O)[C@@H]2C1. The van der Waals surface area contributed by atoms with E-state index in [9.17, 15) is 15.3 Å². The summed E-state index contributed by atoms with van der Waals surface area (Å²) in [6, 6.07) is -0.0243. The number of aliphatic hydroxyl groups excluding tert-OH is 3. The van der Waals surface area contributed by atoms with Gasteiger partial charge in [0.25, 0.3) is 0 Å². The summed E-state index contributed by atoms with van der Waals surface area (Å²) < 4.78 is 0. The van der Waals surface area contributed by atoms with Gasteiger partial charge in [0.05, 0.1) is 18.3 Å². The second kappa shape index (κ2) is 2.96. The van der Waals surface area contributed by atoms with Crippen LogP contribution in [0.2, 0.25) is 0 Å². The second-order valence-electron chi connectivity index (χ2n) is 3.80. The summed E-state index contributed by atoms with van der Waals surface area (Å²) in [6.45, 7) is 1.35. The van der Waals surface area contributed by atoms with Gasteiger partial charge in [-0.3, -0.25) is 4.90 Å². The Hall–Kier alpha value is -0.160. The van der Waals surface area contributed by atoms with Crippen LogP contribution in [0.4, 0.5) is 0 Å². The van der Waals surface area contributed by atoms with Gasteiger partial charge in [-0.1, -0.05) is 0 Å². The number of rotatable bonds is 0. The lowest BCUT2D eigenvalue weighted by Gasteiger charge is -2.33. The molecular formula is C8H15NO3. The molecule has 0 aromatic carbocycles. The maximum atomic E-state index is 9.51. The average molecular weight is 173 g/mol. The second-order valence-corrected chi connectivity index (χ2v) is 3.80. The molecule has 0 radical (unpaired) electrons. The summed E-state index contributed by atoms with van der Waals surface area (Å²) >= 11 is 0. The van der Waals surface area contributed by atoms with Crippen LogP contribution in [-0.4, -0.2) is 57.7 Å². The Bertz CT molecular complexity index is 176. The van der Waals surface area contributed by atoms with E-state index in [2.05, 4.69) is 4.90 Å². The van der Waals surface area contributed by atoms with E-state index in [1.807, 2.05) is 0 Å². The van der Waals surface area contributed by atoms with Crippen LogP contribution in [0.15, 0.2) is 0 Å². The molecule has 4 atom stereocenters. The average Bonchev–Trinajstić information content (AvgIpc) is 2.31. The minimum Gasteiger partial charge on any atom is -0.393 e. The van der Waals surface area contributed by atoms with Crippen molar-refractivity contribution in [3.8, 4) is 0 Å². The van der Waals surface area contributed by atoms with E-state index in [0.717, 1.165) is 13.0 Å². The fourth-order valence-electron chi connectivity index (χ4n) is 2.21. The quantitative estimate of drug-likeness (QED) is 0.419. The first-order valence-corrected chi connectivity index (χ1v) is 4.46. The van der Waals surface area contributed by atoms with Gasteiger partial charge in [0, 0.05) is 19.1 Å². The highest BCUT2D eigenvalue weighted by Crippen LogP contribution is 2.27. The van der Waals surface area contributed by atoms with Crippen LogP contribution in [0.5, 0.6) is 0 Å². The molecule has 2 fully saturated rings. The molecule has 2 rings (SSSR count). The minimum absolute atomic E-state index is 0.0243. The van der Waals surface area contributed by atoms with Crippen LogP contribution in [0, 0.1) is 0 Å². The number of piperidine rings is 1. The van der Waals surface area contributed by atoms with Crippen molar-refractivity contribution in [1.29, 1.82) is 0 Å². The maximum absolute atomic E-state index is 9.51. The lowest BCUT2D eigenvalue weighted by Crippen LogP contribution is -2.44. The third-order valence-electron chi connectivity index (χ3n) is 2.94. The standard InChI is InChI=1S/C8H15NO3/c10-5-1-2-9-4-7(11)8(12)6(9)3-5/h5-8,10-12H,1-4H2/t5-,6-,7+,8-/m0/s1. The first kappa shape index (κ1) is 8.44. The monoisotopic (exact) mass is 173 g/mol. The third-order valence-corrected chi connectivity index (χ3v) is 2.94. The molecule has 2 saturated heterocycles. The summed E-state index contributed by atoms with van der Waals surface area (Å²) in [7, 11) is 0. The molecule has 3 N–H and O–H groups in total. The van der Waals surface area contributed by atoms with Gasteiger partial charge in [0.2, 0.25) is 0 Å². The highest BCUT2D eigenvalue weighted by molar-refractivity contribution is 4.97. The van der Waals surface area contributed by atoms with Crippen LogP contribution in [0.3, 0.4) is 0 Å². The van der Waals surface area contributed by atoms with Gasteiger partial charge >= 0.3 is 0 Å². The third kappa shape index (κ3) is 1.25. The molecule has 0 aliphatic carbocycles. The van der Waals surface area contributed by atoms with Gasteiger partial charge in [0.15, 0.2) is 0 Å². The Morgan fingerprint density at radius 2 is 1.92 bits per heavy atom. The molecule has 0 saturated carbocycles. The van der Waals surface area contributed by atoms with E-state index < -0.39 is 12.2 Å². The van der Waals surface area contributed by atoms with E-state index in [1.54, 1.807) is 0 Å². The number of nitrogens with zero attached hydrogens (tertiary/aromatic N) is 1. The Morgan fingerprint density at radius 1 is 1.17 bits per heavy atom. The van der Waals surface area contributed by atoms with E-state index in [-0.39, 0.29) is 12.1 Å². The Labute approximate surface area is 71.4 Å². The Kier molecular flexibility index (Phi) is 2.08. The minimum atomic E-state index is -0.667. The molecule has 2 aliphatic rings.